The van der Waals surface area contributed by atoms with Gasteiger partial charge in [0.2, 0.25) is 0 Å². The van der Waals surface area contributed by atoms with E-state index in [1.807, 2.05) is 11.6 Å². The van der Waals surface area contributed by atoms with Crippen LogP contribution >= 0.6 is 11.3 Å². The molecule has 96 valence electrons. The van der Waals surface area contributed by atoms with Crippen LogP contribution in [0.4, 0.5) is 4.39 Å². The van der Waals surface area contributed by atoms with Gasteiger partial charge in [0.15, 0.2) is 0 Å². The number of halogens is 1. The number of nitrogens with one attached hydrogen (secondary N) is 1. The summed E-state index contributed by atoms with van der Waals surface area (Å²) in [6, 6.07) is 13.1. The molecule has 0 amide bonds. The van der Waals surface area contributed by atoms with Crippen molar-refractivity contribution in [3.05, 3.63) is 64.9 Å². The zero-order valence-electron chi connectivity index (χ0n) is 10.3. The van der Waals surface area contributed by atoms with Gasteiger partial charge < -0.3 is 5.32 Å². The van der Waals surface area contributed by atoms with E-state index in [2.05, 4.69) is 28.5 Å². The Morgan fingerprint density at radius 2 is 2.00 bits per heavy atom. The van der Waals surface area contributed by atoms with Crippen LogP contribution in [0.5, 0.6) is 0 Å². The lowest BCUT2D eigenvalue weighted by atomic mass is 10.2. The van der Waals surface area contributed by atoms with Gasteiger partial charge in [-0.3, -0.25) is 0 Å². The lowest BCUT2D eigenvalue weighted by molar-refractivity contribution is 0.588. The summed E-state index contributed by atoms with van der Waals surface area (Å²) >= 11 is 1.64. The molecule has 0 aliphatic carbocycles. The molecule has 0 radical (unpaired) electrons. The highest BCUT2D eigenvalue weighted by atomic mass is 32.1. The monoisotopic (exact) mass is 272 g/mol. The van der Waals surface area contributed by atoms with Crippen LogP contribution < -0.4 is 5.32 Å². The maximum Gasteiger partial charge on any atom is 0.127 e. The summed E-state index contributed by atoms with van der Waals surface area (Å²) < 4.78 is 14.6. The summed E-state index contributed by atoms with van der Waals surface area (Å²) in [7, 11) is 0. The summed E-state index contributed by atoms with van der Waals surface area (Å²) in [6.07, 6.45) is 0. The molecule has 3 aromatic rings. The van der Waals surface area contributed by atoms with Crippen LogP contribution in [0.3, 0.4) is 0 Å². The third-order valence-electron chi connectivity index (χ3n) is 3.00. The second-order valence-electron chi connectivity index (χ2n) is 4.35. The fourth-order valence-electron chi connectivity index (χ4n) is 2.00. The minimum absolute atomic E-state index is 0.162. The molecule has 0 saturated heterocycles. The third-order valence-corrected chi connectivity index (χ3v) is 3.81. The lowest BCUT2D eigenvalue weighted by Crippen LogP contribution is -2.13. The summed E-state index contributed by atoms with van der Waals surface area (Å²) in [5.74, 6) is -0.162. The van der Waals surface area contributed by atoms with Gasteiger partial charge in [-0.05, 0) is 23.8 Å². The van der Waals surface area contributed by atoms with Crippen molar-refractivity contribution >= 4 is 21.6 Å². The first kappa shape index (κ1) is 12.3. The number of hydrogen-bond acceptors (Lipinski definition) is 3. The highest BCUT2D eigenvalue weighted by molar-refractivity contribution is 7.16. The Kier molecular flexibility index (Phi) is 3.53. The summed E-state index contributed by atoms with van der Waals surface area (Å²) in [6.45, 7) is 1.24. The number of fused-ring (bicyclic) bond motifs is 1. The average Bonchev–Trinajstić information content (AvgIpc) is 2.88. The molecular formula is C15H13FN2S. The lowest BCUT2D eigenvalue weighted by Gasteiger charge is -2.06. The SMILES string of the molecule is Fc1ccccc1CNCc1ccc2scnc2c1. The van der Waals surface area contributed by atoms with Gasteiger partial charge in [0.25, 0.3) is 0 Å². The molecule has 0 saturated carbocycles. The topological polar surface area (TPSA) is 24.9 Å². The molecule has 3 rings (SSSR count). The third kappa shape index (κ3) is 2.80. The van der Waals surface area contributed by atoms with Crippen molar-refractivity contribution in [3.63, 3.8) is 0 Å². The quantitative estimate of drug-likeness (QED) is 0.783. The van der Waals surface area contributed by atoms with Crippen molar-refractivity contribution < 1.29 is 4.39 Å². The highest BCUT2D eigenvalue weighted by Gasteiger charge is 2.01. The molecule has 0 aliphatic heterocycles. The number of thiazole rings is 1. The molecule has 0 unspecified atom stereocenters. The van der Waals surface area contributed by atoms with Crippen LogP contribution in [0.1, 0.15) is 11.1 Å². The fraction of sp³-hybridized carbons (Fsp3) is 0.133. The van der Waals surface area contributed by atoms with Gasteiger partial charge in [-0.1, -0.05) is 24.3 Å². The van der Waals surface area contributed by atoms with E-state index in [4.69, 9.17) is 0 Å². The molecular weight excluding hydrogens is 259 g/mol. The molecule has 1 aromatic heterocycles. The Balaban J connectivity index is 1.64. The first-order valence-corrected chi connectivity index (χ1v) is 6.97. The Morgan fingerprint density at radius 3 is 2.89 bits per heavy atom. The Bertz CT molecular complexity index is 693. The molecule has 1 heterocycles. The van der Waals surface area contributed by atoms with E-state index in [-0.39, 0.29) is 5.82 Å². The van der Waals surface area contributed by atoms with E-state index >= 15 is 0 Å². The van der Waals surface area contributed by atoms with Gasteiger partial charge in [0, 0.05) is 18.7 Å². The molecule has 1 N–H and O–H groups in total. The van der Waals surface area contributed by atoms with Gasteiger partial charge >= 0.3 is 0 Å². The van der Waals surface area contributed by atoms with Gasteiger partial charge in [-0.25, -0.2) is 9.37 Å². The van der Waals surface area contributed by atoms with Crippen LogP contribution in [-0.2, 0) is 13.1 Å². The minimum atomic E-state index is -0.162. The van der Waals surface area contributed by atoms with E-state index < -0.39 is 0 Å². The van der Waals surface area contributed by atoms with E-state index in [1.54, 1.807) is 23.5 Å². The van der Waals surface area contributed by atoms with E-state index in [0.29, 0.717) is 18.7 Å². The van der Waals surface area contributed by atoms with Crippen molar-refractivity contribution in [1.29, 1.82) is 0 Å². The van der Waals surface area contributed by atoms with Crippen LogP contribution in [0, 0.1) is 5.82 Å². The summed E-state index contributed by atoms with van der Waals surface area (Å²) in [5, 5.41) is 3.25. The number of benzene rings is 2. The zero-order valence-corrected chi connectivity index (χ0v) is 11.1. The van der Waals surface area contributed by atoms with E-state index in [0.717, 1.165) is 11.1 Å². The first-order chi connectivity index (χ1) is 9.33. The number of aromatic nitrogens is 1. The maximum atomic E-state index is 13.4. The van der Waals surface area contributed by atoms with Crippen molar-refractivity contribution in [1.82, 2.24) is 10.3 Å². The van der Waals surface area contributed by atoms with Crippen molar-refractivity contribution in [2.45, 2.75) is 13.1 Å². The standard InChI is InChI=1S/C15H13FN2S/c16-13-4-2-1-3-12(13)9-17-8-11-5-6-15-14(7-11)18-10-19-15/h1-7,10,17H,8-9H2. The zero-order chi connectivity index (χ0) is 13.1. The van der Waals surface area contributed by atoms with E-state index in [9.17, 15) is 4.39 Å². The molecule has 0 fully saturated rings. The predicted octanol–water partition coefficient (Wildman–Crippen LogP) is 3.73. The van der Waals surface area contributed by atoms with Crippen LogP contribution in [-0.4, -0.2) is 4.98 Å². The highest BCUT2D eigenvalue weighted by Crippen LogP contribution is 2.18. The Hall–Kier alpha value is -1.78. The van der Waals surface area contributed by atoms with Gasteiger partial charge in [-0.15, -0.1) is 11.3 Å². The fourth-order valence-corrected chi connectivity index (χ4v) is 2.66. The molecule has 19 heavy (non-hydrogen) atoms. The molecule has 0 aliphatic rings. The second-order valence-corrected chi connectivity index (χ2v) is 5.24. The summed E-state index contributed by atoms with van der Waals surface area (Å²) in [4.78, 5) is 4.29. The Labute approximate surface area is 114 Å². The van der Waals surface area contributed by atoms with Gasteiger partial charge in [0.1, 0.15) is 5.82 Å². The summed E-state index contributed by atoms with van der Waals surface area (Å²) in [5.41, 5.74) is 4.73. The van der Waals surface area contributed by atoms with Crippen LogP contribution in [0.15, 0.2) is 48.0 Å². The number of rotatable bonds is 4. The minimum Gasteiger partial charge on any atom is -0.309 e. The van der Waals surface area contributed by atoms with Crippen LogP contribution in [0.2, 0.25) is 0 Å². The largest absolute Gasteiger partial charge is 0.309 e. The number of hydrogen-bond donors (Lipinski definition) is 1. The molecule has 0 bridgehead atoms. The number of nitrogens with zero attached hydrogens (tertiary/aromatic N) is 1. The molecule has 0 atom stereocenters. The van der Waals surface area contributed by atoms with Crippen molar-refractivity contribution in [2.75, 3.05) is 0 Å². The van der Waals surface area contributed by atoms with Gasteiger partial charge in [0.05, 0.1) is 15.7 Å². The van der Waals surface area contributed by atoms with Gasteiger partial charge in [-0.2, -0.15) is 0 Å². The maximum absolute atomic E-state index is 13.4. The predicted molar refractivity (Wildman–Crippen MR) is 76.6 cm³/mol. The van der Waals surface area contributed by atoms with Crippen molar-refractivity contribution in [2.24, 2.45) is 0 Å². The average molecular weight is 272 g/mol. The smallest absolute Gasteiger partial charge is 0.127 e. The Morgan fingerprint density at radius 1 is 1.11 bits per heavy atom. The first-order valence-electron chi connectivity index (χ1n) is 6.09. The normalized spacial score (nSPS) is 11.0. The second kappa shape index (κ2) is 5.47. The van der Waals surface area contributed by atoms with Crippen molar-refractivity contribution in [3.8, 4) is 0 Å². The molecule has 4 heteroatoms. The van der Waals surface area contributed by atoms with E-state index in [1.165, 1.54) is 10.8 Å². The van der Waals surface area contributed by atoms with Crippen LogP contribution in [0.25, 0.3) is 10.2 Å². The molecule has 0 spiro atoms. The molecule has 2 nitrogen and oxygen atoms in total. The molecule has 2 aromatic carbocycles.